The van der Waals surface area contributed by atoms with Gasteiger partial charge in [-0.25, -0.2) is 0 Å². The van der Waals surface area contributed by atoms with E-state index in [-0.39, 0.29) is 5.91 Å². The van der Waals surface area contributed by atoms with Crippen molar-refractivity contribution in [1.82, 2.24) is 15.1 Å². The van der Waals surface area contributed by atoms with Gasteiger partial charge in [-0.05, 0) is 18.3 Å². The topological polar surface area (TPSA) is 72.9 Å². The van der Waals surface area contributed by atoms with E-state index in [2.05, 4.69) is 17.3 Å². The fourth-order valence-electron chi connectivity index (χ4n) is 1.72. The number of nitrogens with zero attached hydrogens (tertiary/aromatic N) is 2. The largest absolute Gasteiger partial charge is 0.396 e. The van der Waals surface area contributed by atoms with Crippen molar-refractivity contribution in [3.8, 4) is 0 Å². The average Bonchev–Trinajstić information content (AvgIpc) is 2.78. The van der Waals surface area contributed by atoms with Gasteiger partial charge in [0.25, 0.3) is 5.91 Å². The molecule has 0 aromatic carbocycles. The van der Waals surface area contributed by atoms with Crippen molar-refractivity contribution in [3.63, 3.8) is 0 Å². The number of carbonyl (C=O) groups excluding carboxylic acids is 1. The van der Waals surface area contributed by atoms with Crippen LogP contribution in [0.5, 0.6) is 0 Å². The summed E-state index contributed by atoms with van der Waals surface area (Å²) in [5.74, 6) is 1.25. The Morgan fingerprint density at radius 2 is 2.47 bits per heavy atom. The van der Waals surface area contributed by atoms with Crippen LogP contribution in [0, 0.1) is 11.8 Å². The third-order valence-electron chi connectivity index (χ3n) is 2.98. The second-order valence-corrected chi connectivity index (χ2v) is 4.26. The Morgan fingerprint density at radius 1 is 1.80 bits per heavy atom. The van der Waals surface area contributed by atoms with Crippen molar-refractivity contribution < 1.29 is 4.79 Å². The second-order valence-electron chi connectivity index (χ2n) is 4.26. The molecule has 0 bridgehead atoms. The van der Waals surface area contributed by atoms with Crippen LogP contribution in [0.4, 0.5) is 5.69 Å². The molecule has 1 amide bonds. The summed E-state index contributed by atoms with van der Waals surface area (Å²) in [7, 11) is 1.71. The Balaban J connectivity index is 1.95. The van der Waals surface area contributed by atoms with E-state index in [1.54, 1.807) is 7.05 Å². The second kappa shape index (κ2) is 3.56. The van der Waals surface area contributed by atoms with Crippen molar-refractivity contribution in [2.24, 2.45) is 18.9 Å². The molecule has 0 radical (unpaired) electrons. The molecule has 82 valence electrons. The summed E-state index contributed by atoms with van der Waals surface area (Å²) < 4.78 is 1.50. The molecule has 1 aliphatic rings. The summed E-state index contributed by atoms with van der Waals surface area (Å²) in [6.45, 7) is 2.93. The molecule has 1 saturated carbocycles. The van der Waals surface area contributed by atoms with E-state index in [1.165, 1.54) is 17.3 Å². The maximum atomic E-state index is 11.7. The number of amides is 1. The average molecular weight is 208 g/mol. The number of nitrogens with two attached hydrogens (primary N) is 1. The molecule has 2 rings (SSSR count). The van der Waals surface area contributed by atoms with E-state index < -0.39 is 0 Å². The zero-order valence-electron chi connectivity index (χ0n) is 9.03. The van der Waals surface area contributed by atoms with Gasteiger partial charge in [0.2, 0.25) is 0 Å². The first kappa shape index (κ1) is 10.0. The van der Waals surface area contributed by atoms with Crippen LogP contribution >= 0.6 is 0 Å². The minimum atomic E-state index is -0.133. The van der Waals surface area contributed by atoms with Crippen LogP contribution in [0.2, 0.25) is 0 Å². The molecule has 0 saturated heterocycles. The SMILES string of the molecule is CC1CC1CNC(=O)c1c(N)cnn1C. The zero-order chi connectivity index (χ0) is 11.0. The zero-order valence-corrected chi connectivity index (χ0v) is 9.03. The Bertz CT molecular complexity index is 365. The number of hydrogen-bond acceptors (Lipinski definition) is 3. The van der Waals surface area contributed by atoms with Crippen molar-refractivity contribution in [3.05, 3.63) is 11.9 Å². The van der Waals surface area contributed by atoms with Gasteiger partial charge in [-0.15, -0.1) is 0 Å². The first-order chi connectivity index (χ1) is 7.09. The van der Waals surface area contributed by atoms with Gasteiger partial charge in [0.1, 0.15) is 5.69 Å². The van der Waals surface area contributed by atoms with E-state index in [9.17, 15) is 4.79 Å². The van der Waals surface area contributed by atoms with E-state index in [4.69, 9.17) is 5.73 Å². The van der Waals surface area contributed by atoms with Crippen LogP contribution in [0.1, 0.15) is 23.8 Å². The number of rotatable bonds is 3. The molecule has 5 nitrogen and oxygen atoms in total. The van der Waals surface area contributed by atoms with E-state index >= 15 is 0 Å². The van der Waals surface area contributed by atoms with Gasteiger partial charge in [0, 0.05) is 13.6 Å². The minimum absolute atomic E-state index is 0.133. The van der Waals surface area contributed by atoms with Gasteiger partial charge >= 0.3 is 0 Å². The van der Waals surface area contributed by atoms with Crippen molar-refractivity contribution in [2.45, 2.75) is 13.3 Å². The van der Waals surface area contributed by atoms with Gasteiger partial charge in [0.15, 0.2) is 0 Å². The van der Waals surface area contributed by atoms with Gasteiger partial charge in [-0.2, -0.15) is 5.10 Å². The van der Waals surface area contributed by atoms with Crippen LogP contribution in [0.3, 0.4) is 0 Å². The lowest BCUT2D eigenvalue weighted by Gasteiger charge is -2.05. The number of aromatic nitrogens is 2. The third-order valence-corrected chi connectivity index (χ3v) is 2.98. The van der Waals surface area contributed by atoms with Crippen LogP contribution in [0.15, 0.2) is 6.20 Å². The smallest absolute Gasteiger partial charge is 0.271 e. The molecule has 0 aliphatic heterocycles. The monoisotopic (exact) mass is 208 g/mol. The van der Waals surface area contributed by atoms with E-state index in [0.29, 0.717) is 17.3 Å². The summed E-state index contributed by atoms with van der Waals surface area (Å²) in [5, 5.41) is 6.81. The summed E-state index contributed by atoms with van der Waals surface area (Å²) in [6, 6.07) is 0. The lowest BCUT2D eigenvalue weighted by Crippen LogP contribution is -2.28. The highest BCUT2D eigenvalue weighted by Crippen LogP contribution is 2.36. The predicted molar refractivity (Wildman–Crippen MR) is 57.2 cm³/mol. The number of nitrogen functional groups attached to an aromatic ring is 1. The van der Waals surface area contributed by atoms with Crippen LogP contribution in [0.25, 0.3) is 0 Å². The van der Waals surface area contributed by atoms with Crippen LogP contribution in [-0.2, 0) is 7.05 Å². The standard InChI is InChI=1S/C10H16N4O/c1-6-3-7(6)4-12-10(15)9-8(11)5-13-14(9)2/h5-7H,3-4,11H2,1-2H3,(H,12,15). The molecule has 5 heteroatoms. The summed E-state index contributed by atoms with van der Waals surface area (Å²) in [4.78, 5) is 11.7. The number of nitrogens with one attached hydrogen (secondary N) is 1. The fraction of sp³-hybridized carbons (Fsp3) is 0.600. The van der Waals surface area contributed by atoms with Crippen molar-refractivity contribution in [1.29, 1.82) is 0 Å². The molecule has 1 fully saturated rings. The molecule has 2 atom stereocenters. The maximum absolute atomic E-state index is 11.7. The third kappa shape index (κ3) is 1.95. The van der Waals surface area contributed by atoms with Gasteiger partial charge in [-0.1, -0.05) is 6.92 Å². The summed E-state index contributed by atoms with van der Waals surface area (Å²) in [5.41, 5.74) is 6.52. The lowest BCUT2D eigenvalue weighted by molar-refractivity contribution is 0.0943. The normalized spacial score (nSPS) is 23.9. The highest BCUT2D eigenvalue weighted by atomic mass is 16.2. The molecule has 15 heavy (non-hydrogen) atoms. The Hall–Kier alpha value is -1.52. The van der Waals surface area contributed by atoms with Gasteiger partial charge in [-0.3, -0.25) is 9.48 Å². The Labute approximate surface area is 88.6 Å². The quantitative estimate of drug-likeness (QED) is 0.754. The van der Waals surface area contributed by atoms with Crippen LogP contribution < -0.4 is 11.1 Å². The number of aryl methyl sites for hydroxylation is 1. The molecule has 0 spiro atoms. The highest BCUT2D eigenvalue weighted by Gasteiger charge is 2.32. The fourth-order valence-corrected chi connectivity index (χ4v) is 1.72. The molecule has 1 aliphatic carbocycles. The summed E-state index contributed by atoms with van der Waals surface area (Å²) >= 11 is 0. The number of hydrogen-bond donors (Lipinski definition) is 2. The molecule has 3 N–H and O–H groups in total. The first-order valence-corrected chi connectivity index (χ1v) is 5.15. The van der Waals surface area contributed by atoms with Crippen LogP contribution in [-0.4, -0.2) is 22.2 Å². The minimum Gasteiger partial charge on any atom is -0.396 e. The first-order valence-electron chi connectivity index (χ1n) is 5.15. The molecule has 1 aromatic rings. The Morgan fingerprint density at radius 3 is 2.93 bits per heavy atom. The van der Waals surface area contributed by atoms with Gasteiger partial charge in [0.05, 0.1) is 11.9 Å². The Kier molecular flexibility index (Phi) is 2.38. The van der Waals surface area contributed by atoms with Crippen molar-refractivity contribution in [2.75, 3.05) is 12.3 Å². The highest BCUT2D eigenvalue weighted by molar-refractivity contribution is 5.97. The molecular formula is C10H16N4O. The van der Waals surface area contributed by atoms with Gasteiger partial charge < -0.3 is 11.1 Å². The molecular weight excluding hydrogens is 192 g/mol. The van der Waals surface area contributed by atoms with E-state index in [1.807, 2.05) is 0 Å². The molecule has 1 heterocycles. The predicted octanol–water partition coefficient (Wildman–Crippen LogP) is 0.388. The summed E-state index contributed by atoms with van der Waals surface area (Å²) in [6.07, 6.45) is 2.70. The van der Waals surface area contributed by atoms with E-state index in [0.717, 1.165) is 12.5 Å². The number of carbonyl (C=O) groups is 1. The lowest BCUT2D eigenvalue weighted by atomic mass is 10.3. The maximum Gasteiger partial charge on any atom is 0.271 e. The molecule has 2 unspecified atom stereocenters. The molecule has 1 aromatic heterocycles. The van der Waals surface area contributed by atoms with Crippen molar-refractivity contribution >= 4 is 11.6 Å². The number of anilines is 1.